The third-order valence-corrected chi connectivity index (χ3v) is 2.80. The average molecular weight is 257 g/mol. The zero-order valence-electron chi connectivity index (χ0n) is 9.34. The Bertz CT molecular complexity index is 713. The number of nitrogen functional groups attached to an aromatic ring is 1. The third kappa shape index (κ3) is 1.87. The highest BCUT2D eigenvalue weighted by Gasteiger charge is 2.07. The molecule has 0 aliphatic carbocycles. The number of pyridine rings is 1. The van der Waals surface area contributed by atoms with Crippen LogP contribution in [0.5, 0.6) is 0 Å². The second kappa shape index (κ2) is 4.23. The van der Waals surface area contributed by atoms with Crippen molar-refractivity contribution < 1.29 is 0 Å². The number of hydrogen-bond donors (Lipinski definition) is 1. The van der Waals surface area contributed by atoms with Crippen molar-refractivity contribution in [2.45, 2.75) is 0 Å². The van der Waals surface area contributed by atoms with Gasteiger partial charge < -0.3 is 5.73 Å². The number of aromatic nitrogens is 3. The highest BCUT2D eigenvalue weighted by molar-refractivity contribution is 6.28. The van der Waals surface area contributed by atoms with E-state index in [1.54, 1.807) is 0 Å². The van der Waals surface area contributed by atoms with Gasteiger partial charge in [-0.05, 0) is 23.7 Å². The Hall–Kier alpha value is -2.20. The molecule has 0 saturated heterocycles. The van der Waals surface area contributed by atoms with Gasteiger partial charge >= 0.3 is 0 Å². The molecule has 0 aliphatic rings. The van der Waals surface area contributed by atoms with Crippen LogP contribution in [0, 0.1) is 0 Å². The van der Waals surface area contributed by atoms with Gasteiger partial charge in [0.2, 0.25) is 5.28 Å². The molecule has 0 fully saturated rings. The first-order valence-corrected chi connectivity index (χ1v) is 5.77. The second-order valence-corrected chi connectivity index (χ2v) is 4.15. The van der Waals surface area contributed by atoms with Gasteiger partial charge in [0.05, 0.1) is 11.1 Å². The van der Waals surface area contributed by atoms with Gasteiger partial charge in [-0.25, -0.2) is 9.97 Å². The summed E-state index contributed by atoms with van der Waals surface area (Å²) in [5.41, 5.74) is 8.13. The lowest BCUT2D eigenvalue weighted by molar-refractivity contribution is 1.19. The minimum Gasteiger partial charge on any atom is -0.383 e. The summed E-state index contributed by atoms with van der Waals surface area (Å²) in [6.07, 6.45) is 0. The molecular weight excluding hydrogens is 248 g/mol. The maximum atomic E-state index is 5.78. The minimum atomic E-state index is 0.109. The third-order valence-electron chi connectivity index (χ3n) is 2.63. The molecule has 0 saturated carbocycles. The lowest BCUT2D eigenvalue weighted by atomic mass is 10.1. The summed E-state index contributed by atoms with van der Waals surface area (Å²) in [4.78, 5) is 12.4. The van der Waals surface area contributed by atoms with Crippen molar-refractivity contribution in [1.82, 2.24) is 15.0 Å². The van der Waals surface area contributed by atoms with Crippen LogP contribution in [0.25, 0.3) is 22.3 Å². The van der Waals surface area contributed by atoms with E-state index >= 15 is 0 Å². The largest absolute Gasteiger partial charge is 0.383 e. The smallest absolute Gasteiger partial charge is 0.226 e. The Kier molecular flexibility index (Phi) is 2.57. The van der Waals surface area contributed by atoms with Crippen LogP contribution in [0.4, 0.5) is 5.82 Å². The Labute approximate surface area is 108 Å². The van der Waals surface area contributed by atoms with Gasteiger partial charge in [-0.1, -0.05) is 30.3 Å². The molecule has 3 aromatic rings. The zero-order valence-corrected chi connectivity index (χ0v) is 10.1. The standard InChI is InChI=1S/C13H9ClN4/c14-13-17-11(15)9-6-7-10(16-12(9)18-13)8-4-2-1-3-5-8/h1-7H,(H2,15,16,17,18). The van der Waals surface area contributed by atoms with E-state index in [0.717, 1.165) is 11.3 Å². The van der Waals surface area contributed by atoms with Gasteiger partial charge in [0.15, 0.2) is 5.65 Å². The number of hydrogen-bond acceptors (Lipinski definition) is 4. The van der Waals surface area contributed by atoms with Gasteiger partial charge in [-0.15, -0.1) is 0 Å². The molecule has 2 aromatic heterocycles. The van der Waals surface area contributed by atoms with Gasteiger partial charge in [0.1, 0.15) is 5.82 Å². The van der Waals surface area contributed by atoms with Crippen molar-refractivity contribution in [2.75, 3.05) is 5.73 Å². The van der Waals surface area contributed by atoms with E-state index in [0.29, 0.717) is 16.9 Å². The fourth-order valence-corrected chi connectivity index (χ4v) is 1.95. The van der Waals surface area contributed by atoms with E-state index in [4.69, 9.17) is 17.3 Å². The minimum absolute atomic E-state index is 0.109. The quantitative estimate of drug-likeness (QED) is 0.680. The molecule has 0 radical (unpaired) electrons. The van der Waals surface area contributed by atoms with Crippen molar-refractivity contribution in [1.29, 1.82) is 0 Å². The van der Waals surface area contributed by atoms with E-state index in [2.05, 4.69) is 15.0 Å². The highest BCUT2D eigenvalue weighted by atomic mass is 35.5. The van der Waals surface area contributed by atoms with E-state index in [1.807, 2.05) is 42.5 Å². The first-order chi connectivity index (χ1) is 8.74. The maximum absolute atomic E-state index is 5.78. The molecule has 0 atom stereocenters. The molecular formula is C13H9ClN4. The van der Waals surface area contributed by atoms with Gasteiger partial charge in [0, 0.05) is 5.56 Å². The average Bonchev–Trinajstić information content (AvgIpc) is 2.39. The molecule has 5 heteroatoms. The molecule has 3 rings (SSSR count). The molecule has 0 spiro atoms. The Balaban J connectivity index is 2.23. The topological polar surface area (TPSA) is 64.7 Å². The number of benzene rings is 1. The highest BCUT2D eigenvalue weighted by Crippen LogP contribution is 2.23. The van der Waals surface area contributed by atoms with E-state index < -0.39 is 0 Å². The number of fused-ring (bicyclic) bond motifs is 1. The summed E-state index contributed by atoms with van der Waals surface area (Å²) in [5, 5.41) is 0.816. The summed E-state index contributed by atoms with van der Waals surface area (Å²) in [6.45, 7) is 0. The number of anilines is 1. The molecule has 18 heavy (non-hydrogen) atoms. The van der Waals surface area contributed by atoms with Crippen molar-refractivity contribution in [3.8, 4) is 11.3 Å². The molecule has 1 aromatic carbocycles. The monoisotopic (exact) mass is 256 g/mol. The van der Waals surface area contributed by atoms with Crippen molar-refractivity contribution >= 4 is 28.5 Å². The second-order valence-electron chi connectivity index (χ2n) is 3.81. The van der Waals surface area contributed by atoms with Crippen molar-refractivity contribution in [3.05, 3.63) is 47.7 Å². The Morgan fingerprint density at radius 1 is 0.889 bits per heavy atom. The predicted octanol–water partition coefficient (Wildman–Crippen LogP) is 2.93. The SMILES string of the molecule is Nc1nc(Cl)nc2nc(-c3ccccc3)ccc12. The van der Waals surface area contributed by atoms with E-state index in [-0.39, 0.29) is 5.28 Å². The van der Waals surface area contributed by atoms with Crippen molar-refractivity contribution in [3.63, 3.8) is 0 Å². The van der Waals surface area contributed by atoms with Crippen LogP contribution in [0.15, 0.2) is 42.5 Å². The molecule has 2 N–H and O–H groups in total. The summed E-state index contributed by atoms with van der Waals surface area (Å²) < 4.78 is 0. The fourth-order valence-electron chi connectivity index (χ4n) is 1.78. The number of nitrogens with two attached hydrogens (primary N) is 1. The summed E-state index contributed by atoms with van der Waals surface area (Å²) in [7, 11) is 0. The van der Waals surface area contributed by atoms with Crippen LogP contribution in [-0.2, 0) is 0 Å². The van der Waals surface area contributed by atoms with Crippen LogP contribution >= 0.6 is 11.6 Å². The van der Waals surface area contributed by atoms with Crippen LogP contribution in [-0.4, -0.2) is 15.0 Å². The lowest BCUT2D eigenvalue weighted by Crippen LogP contribution is -1.97. The van der Waals surface area contributed by atoms with Crippen LogP contribution in [0.2, 0.25) is 5.28 Å². The van der Waals surface area contributed by atoms with Crippen LogP contribution in [0.1, 0.15) is 0 Å². The van der Waals surface area contributed by atoms with Crippen LogP contribution < -0.4 is 5.73 Å². The van der Waals surface area contributed by atoms with Gasteiger partial charge in [-0.3, -0.25) is 0 Å². The maximum Gasteiger partial charge on any atom is 0.226 e. The molecule has 0 unspecified atom stereocenters. The molecule has 2 heterocycles. The summed E-state index contributed by atoms with van der Waals surface area (Å²) in [5.74, 6) is 0.345. The summed E-state index contributed by atoms with van der Waals surface area (Å²) in [6, 6.07) is 13.6. The van der Waals surface area contributed by atoms with Gasteiger partial charge in [0.25, 0.3) is 0 Å². The Morgan fingerprint density at radius 3 is 2.44 bits per heavy atom. The molecule has 0 amide bonds. The first-order valence-electron chi connectivity index (χ1n) is 5.39. The van der Waals surface area contributed by atoms with Crippen molar-refractivity contribution in [2.24, 2.45) is 0 Å². The summed E-state index contributed by atoms with van der Waals surface area (Å²) >= 11 is 5.78. The normalized spacial score (nSPS) is 10.7. The zero-order chi connectivity index (χ0) is 12.5. The number of rotatable bonds is 1. The molecule has 0 bridgehead atoms. The molecule has 88 valence electrons. The van der Waals surface area contributed by atoms with E-state index in [9.17, 15) is 0 Å². The first kappa shape index (κ1) is 10.9. The lowest BCUT2D eigenvalue weighted by Gasteiger charge is -2.04. The fraction of sp³-hybridized carbons (Fsp3) is 0. The number of halogens is 1. The predicted molar refractivity (Wildman–Crippen MR) is 72.2 cm³/mol. The van der Waals surface area contributed by atoms with E-state index in [1.165, 1.54) is 0 Å². The van der Waals surface area contributed by atoms with Gasteiger partial charge in [-0.2, -0.15) is 4.98 Å². The van der Waals surface area contributed by atoms with Crippen LogP contribution in [0.3, 0.4) is 0 Å². The molecule has 0 aliphatic heterocycles. The number of nitrogens with zero attached hydrogens (tertiary/aromatic N) is 3. The Morgan fingerprint density at radius 2 is 1.67 bits per heavy atom. The molecule has 4 nitrogen and oxygen atoms in total.